The second kappa shape index (κ2) is 6.27. The standard InChI is InChI=1S/C18H24N4O2S/c19-12-15-11-16(25(20,23)24)3-4-17(15)21-5-7-22(8-6-21)18-10-13-1-2-14(18)9-13/h3-4,11,13-14,18H,1-2,5-10H2,(H2,20,23,24). The topological polar surface area (TPSA) is 90.4 Å². The molecule has 2 saturated carbocycles. The zero-order valence-electron chi connectivity index (χ0n) is 14.3. The number of nitrogens with zero attached hydrogens (tertiary/aromatic N) is 3. The molecular formula is C18H24N4O2S. The van der Waals surface area contributed by atoms with Gasteiger partial charge in [-0.2, -0.15) is 5.26 Å². The van der Waals surface area contributed by atoms with Gasteiger partial charge in [-0.15, -0.1) is 0 Å². The van der Waals surface area contributed by atoms with Crippen molar-refractivity contribution in [2.24, 2.45) is 17.0 Å². The molecule has 2 aliphatic carbocycles. The lowest BCUT2D eigenvalue weighted by Crippen LogP contribution is -2.52. The summed E-state index contributed by atoms with van der Waals surface area (Å²) >= 11 is 0. The first-order valence-electron chi connectivity index (χ1n) is 9.01. The van der Waals surface area contributed by atoms with Crippen LogP contribution < -0.4 is 10.0 Å². The highest BCUT2D eigenvalue weighted by Gasteiger charge is 2.42. The molecule has 3 fully saturated rings. The van der Waals surface area contributed by atoms with Crippen molar-refractivity contribution >= 4 is 15.7 Å². The first-order valence-corrected chi connectivity index (χ1v) is 10.6. The SMILES string of the molecule is N#Cc1cc(S(N)(=O)=O)ccc1N1CCN(C2CC3CCC2C3)CC1. The Hall–Kier alpha value is -1.62. The molecule has 3 aliphatic rings. The van der Waals surface area contributed by atoms with Gasteiger partial charge >= 0.3 is 0 Å². The molecule has 25 heavy (non-hydrogen) atoms. The average Bonchev–Trinajstić information content (AvgIpc) is 3.24. The van der Waals surface area contributed by atoms with E-state index in [0.29, 0.717) is 5.56 Å². The summed E-state index contributed by atoms with van der Waals surface area (Å²) in [6.45, 7) is 3.76. The molecule has 4 rings (SSSR count). The zero-order chi connectivity index (χ0) is 17.6. The molecule has 7 heteroatoms. The summed E-state index contributed by atoms with van der Waals surface area (Å²) in [6.07, 6.45) is 5.59. The number of fused-ring (bicyclic) bond motifs is 2. The summed E-state index contributed by atoms with van der Waals surface area (Å²) in [5.41, 5.74) is 1.18. The molecule has 2 bridgehead atoms. The maximum atomic E-state index is 11.5. The Morgan fingerprint density at radius 2 is 1.88 bits per heavy atom. The van der Waals surface area contributed by atoms with Crippen molar-refractivity contribution in [1.29, 1.82) is 5.26 Å². The molecule has 2 N–H and O–H groups in total. The van der Waals surface area contributed by atoms with Crippen LogP contribution in [0.3, 0.4) is 0 Å². The third-order valence-corrected chi connectivity index (χ3v) is 7.15. The number of primary sulfonamides is 1. The lowest BCUT2D eigenvalue weighted by atomic mass is 9.93. The smallest absolute Gasteiger partial charge is 0.238 e. The molecule has 6 nitrogen and oxygen atoms in total. The summed E-state index contributed by atoms with van der Waals surface area (Å²) in [6, 6.07) is 7.46. The maximum Gasteiger partial charge on any atom is 0.238 e. The normalized spacial score (nSPS) is 29.8. The van der Waals surface area contributed by atoms with Gasteiger partial charge in [0.15, 0.2) is 0 Å². The number of anilines is 1. The van der Waals surface area contributed by atoms with Gasteiger partial charge in [-0.25, -0.2) is 13.6 Å². The molecule has 0 spiro atoms. The molecule has 134 valence electrons. The Labute approximate surface area is 149 Å². The highest BCUT2D eigenvalue weighted by atomic mass is 32.2. The highest BCUT2D eigenvalue weighted by molar-refractivity contribution is 7.89. The third-order valence-electron chi connectivity index (χ3n) is 6.24. The van der Waals surface area contributed by atoms with Crippen LogP contribution >= 0.6 is 0 Å². The number of rotatable bonds is 3. The third kappa shape index (κ3) is 3.14. The van der Waals surface area contributed by atoms with Gasteiger partial charge in [-0.05, 0) is 49.3 Å². The Morgan fingerprint density at radius 1 is 1.12 bits per heavy atom. The number of hydrogen-bond donors (Lipinski definition) is 1. The first-order chi connectivity index (χ1) is 12.0. The van der Waals surface area contributed by atoms with E-state index < -0.39 is 10.0 Å². The maximum absolute atomic E-state index is 11.5. The van der Waals surface area contributed by atoms with Gasteiger partial charge in [0.1, 0.15) is 6.07 Å². The molecule has 3 atom stereocenters. The van der Waals surface area contributed by atoms with E-state index >= 15 is 0 Å². The summed E-state index contributed by atoms with van der Waals surface area (Å²) in [4.78, 5) is 4.81. The average molecular weight is 360 g/mol. The summed E-state index contributed by atoms with van der Waals surface area (Å²) in [5, 5.41) is 14.6. The van der Waals surface area contributed by atoms with Gasteiger partial charge in [-0.3, -0.25) is 4.90 Å². The van der Waals surface area contributed by atoms with Crippen LogP contribution in [0.5, 0.6) is 0 Å². The number of sulfonamides is 1. The van der Waals surface area contributed by atoms with Crippen LogP contribution in [0.1, 0.15) is 31.2 Å². The number of piperazine rings is 1. The fourth-order valence-corrected chi connectivity index (χ4v) is 5.55. The molecule has 1 saturated heterocycles. The Morgan fingerprint density at radius 3 is 2.44 bits per heavy atom. The summed E-state index contributed by atoms with van der Waals surface area (Å²) in [5.74, 6) is 1.84. The van der Waals surface area contributed by atoms with E-state index in [-0.39, 0.29) is 4.90 Å². The second-order valence-electron chi connectivity index (χ2n) is 7.60. The van der Waals surface area contributed by atoms with Crippen molar-refractivity contribution in [3.8, 4) is 6.07 Å². The van der Waals surface area contributed by atoms with Crippen LogP contribution in [0.15, 0.2) is 23.1 Å². The number of nitrogens with two attached hydrogens (primary N) is 1. The Kier molecular flexibility index (Phi) is 4.22. The molecule has 0 amide bonds. The van der Waals surface area contributed by atoms with Crippen molar-refractivity contribution in [3.63, 3.8) is 0 Å². The minimum absolute atomic E-state index is 0.00610. The zero-order valence-corrected chi connectivity index (χ0v) is 15.1. The first kappa shape index (κ1) is 16.8. The van der Waals surface area contributed by atoms with Gasteiger partial charge in [-0.1, -0.05) is 6.42 Å². The number of nitriles is 1. The van der Waals surface area contributed by atoms with Gasteiger partial charge in [0.25, 0.3) is 0 Å². The van der Waals surface area contributed by atoms with Crippen molar-refractivity contribution in [2.75, 3.05) is 31.1 Å². The largest absolute Gasteiger partial charge is 0.368 e. The van der Waals surface area contributed by atoms with Gasteiger partial charge in [0.2, 0.25) is 10.0 Å². The van der Waals surface area contributed by atoms with Crippen LogP contribution in [0.4, 0.5) is 5.69 Å². The van der Waals surface area contributed by atoms with Crippen LogP contribution in [-0.4, -0.2) is 45.5 Å². The van der Waals surface area contributed by atoms with Crippen LogP contribution in [0.25, 0.3) is 0 Å². The minimum atomic E-state index is -3.79. The summed E-state index contributed by atoms with van der Waals surface area (Å²) in [7, 11) is -3.79. The molecule has 1 aromatic carbocycles. The number of hydrogen-bond acceptors (Lipinski definition) is 5. The van der Waals surface area contributed by atoms with Crippen LogP contribution in [0.2, 0.25) is 0 Å². The van der Waals surface area contributed by atoms with E-state index in [9.17, 15) is 13.7 Å². The number of benzene rings is 1. The lowest BCUT2D eigenvalue weighted by molar-refractivity contribution is 0.135. The van der Waals surface area contributed by atoms with Crippen molar-refractivity contribution < 1.29 is 8.42 Å². The molecule has 1 heterocycles. The monoisotopic (exact) mass is 360 g/mol. The molecular weight excluding hydrogens is 336 g/mol. The molecule has 1 aromatic rings. The van der Waals surface area contributed by atoms with E-state index in [4.69, 9.17) is 5.14 Å². The minimum Gasteiger partial charge on any atom is -0.368 e. The second-order valence-corrected chi connectivity index (χ2v) is 9.16. The van der Waals surface area contributed by atoms with E-state index in [1.165, 1.54) is 37.8 Å². The van der Waals surface area contributed by atoms with E-state index in [1.807, 2.05) is 0 Å². The molecule has 3 unspecified atom stereocenters. The highest BCUT2D eigenvalue weighted by Crippen LogP contribution is 2.46. The fourth-order valence-electron chi connectivity index (χ4n) is 5.01. The predicted molar refractivity (Wildman–Crippen MR) is 95.6 cm³/mol. The quantitative estimate of drug-likeness (QED) is 0.882. The van der Waals surface area contributed by atoms with Crippen molar-refractivity contribution in [1.82, 2.24) is 4.90 Å². The molecule has 0 aromatic heterocycles. The van der Waals surface area contributed by atoms with E-state index in [2.05, 4.69) is 15.9 Å². The molecule has 0 radical (unpaired) electrons. The fraction of sp³-hybridized carbons (Fsp3) is 0.611. The van der Waals surface area contributed by atoms with Crippen molar-refractivity contribution in [2.45, 2.75) is 36.6 Å². The van der Waals surface area contributed by atoms with E-state index in [1.54, 1.807) is 6.07 Å². The van der Waals surface area contributed by atoms with Crippen LogP contribution in [-0.2, 0) is 10.0 Å². The molecule has 1 aliphatic heterocycles. The predicted octanol–water partition coefficient (Wildman–Crippen LogP) is 1.52. The van der Waals surface area contributed by atoms with Gasteiger partial charge in [0.05, 0.1) is 16.1 Å². The van der Waals surface area contributed by atoms with Crippen LogP contribution in [0, 0.1) is 23.2 Å². The van der Waals surface area contributed by atoms with E-state index in [0.717, 1.165) is 49.7 Å². The van der Waals surface area contributed by atoms with Gasteiger partial charge in [0, 0.05) is 32.2 Å². The lowest BCUT2D eigenvalue weighted by Gasteiger charge is -2.42. The Balaban J connectivity index is 1.46. The summed E-state index contributed by atoms with van der Waals surface area (Å²) < 4.78 is 23.0. The van der Waals surface area contributed by atoms with Gasteiger partial charge < -0.3 is 4.90 Å². The van der Waals surface area contributed by atoms with Crippen molar-refractivity contribution in [3.05, 3.63) is 23.8 Å². The Bertz CT molecular complexity index is 809.